The van der Waals surface area contributed by atoms with Crippen molar-refractivity contribution in [1.29, 1.82) is 0 Å². The molecule has 1 N–H and O–H groups in total. The number of carbonyl (C=O) groups is 1. The molecule has 1 aliphatic heterocycles. The maximum atomic E-state index is 13.4. The fraction of sp³-hybridized carbons (Fsp3) is 0.222. The van der Waals surface area contributed by atoms with Crippen LogP contribution >= 0.6 is 11.8 Å². The SMILES string of the molecule is O=C(CSc1nnnn1-c1cccc(F)c1)NC[C@@H]1COc2ccccc2O1. The van der Waals surface area contributed by atoms with Crippen molar-refractivity contribution in [2.24, 2.45) is 0 Å². The average molecular weight is 401 g/mol. The van der Waals surface area contributed by atoms with Crippen LogP contribution < -0.4 is 14.8 Å². The third-order valence-corrected chi connectivity index (χ3v) is 4.84. The molecule has 1 atom stereocenters. The van der Waals surface area contributed by atoms with Crippen molar-refractivity contribution < 1.29 is 18.7 Å². The lowest BCUT2D eigenvalue weighted by Crippen LogP contribution is -2.41. The standard InChI is InChI=1S/C18H16FN5O3S/c19-12-4-3-5-13(8-12)24-18(21-22-23-24)28-11-17(25)20-9-14-10-26-15-6-1-2-7-16(15)27-14/h1-8,14H,9-11H2,(H,20,25)/t14-/m1/s1. The van der Waals surface area contributed by atoms with E-state index in [1.165, 1.54) is 16.8 Å². The van der Waals surface area contributed by atoms with Crippen molar-refractivity contribution >= 4 is 17.7 Å². The van der Waals surface area contributed by atoms with E-state index in [2.05, 4.69) is 20.8 Å². The van der Waals surface area contributed by atoms with Gasteiger partial charge in [0.2, 0.25) is 11.1 Å². The summed E-state index contributed by atoms with van der Waals surface area (Å²) >= 11 is 1.16. The van der Waals surface area contributed by atoms with Crippen LogP contribution in [0.2, 0.25) is 0 Å². The van der Waals surface area contributed by atoms with Gasteiger partial charge in [0.25, 0.3) is 0 Å². The summed E-state index contributed by atoms with van der Waals surface area (Å²) in [5.41, 5.74) is 0.485. The predicted octanol–water partition coefficient (Wildman–Crippen LogP) is 1.85. The molecular formula is C18H16FN5O3S. The molecule has 3 aromatic rings. The number of ether oxygens (including phenoxy) is 2. The van der Waals surface area contributed by atoms with Gasteiger partial charge in [0.15, 0.2) is 11.5 Å². The minimum atomic E-state index is -0.391. The maximum absolute atomic E-state index is 13.4. The lowest BCUT2D eigenvalue weighted by Gasteiger charge is -2.26. The normalized spacial score (nSPS) is 15.2. The Balaban J connectivity index is 1.29. The number of hydrogen-bond acceptors (Lipinski definition) is 7. The molecule has 0 aliphatic carbocycles. The van der Waals surface area contributed by atoms with E-state index in [0.29, 0.717) is 35.5 Å². The number of carbonyl (C=O) groups excluding carboxylic acids is 1. The van der Waals surface area contributed by atoms with Gasteiger partial charge in [-0.1, -0.05) is 30.0 Å². The molecule has 8 nitrogen and oxygen atoms in total. The van der Waals surface area contributed by atoms with E-state index < -0.39 is 5.82 Å². The van der Waals surface area contributed by atoms with Crippen LogP contribution in [-0.4, -0.2) is 51.1 Å². The number of tetrazole rings is 1. The lowest BCUT2D eigenvalue weighted by atomic mass is 10.2. The van der Waals surface area contributed by atoms with Gasteiger partial charge in [-0.05, 0) is 40.8 Å². The zero-order valence-corrected chi connectivity index (χ0v) is 15.4. The molecule has 1 aliphatic rings. The van der Waals surface area contributed by atoms with E-state index in [1.807, 2.05) is 24.3 Å². The van der Waals surface area contributed by atoms with E-state index in [1.54, 1.807) is 12.1 Å². The number of aromatic nitrogens is 4. The molecule has 0 radical (unpaired) electrons. The Kier molecular flexibility index (Phi) is 5.38. The Morgan fingerprint density at radius 2 is 2.11 bits per heavy atom. The zero-order valence-electron chi connectivity index (χ0n) is 14.6. The fourth-order valence-corrected chi connectivity index (χ4v) is 3.33. The molecule has 2 aromatic carbocycles. The molecular weight excluding hydrogens is 385 g/mol. The first kappa shape index (κ1) is 18.2. The molecule has 1 aromatic heterocycles. The number of rotatable bonds is 6. The Hall–Kier alpha value is -3.14. The molecule has 0 saturated heterocycles. The summed E-state index contributed by atoms with van der Waals surface area (Å²) in [6, 6.07) is 13.3. The summed E-state index contributed by atoms with van der Waals surface area (Å²) in [7, 11) is 0. The second-order valence-electron chi connectivity index (χ2n) is 5.94. The predicted molar refractivity (Wildman–Crippen MR) is 99.2 cm³/mol. The van der Waals surface area contributed by atoms with Gasteiger partial charge in [0.1, 0.15) is 18.5 Å². The van der Waals surface area contributed by atoms with E-state index in [9.17, 15) is 9.18 Å². The topological polar surface area (TPSA) is 91.2 Å². The first-order valence-corrected chi connectivity index (χ1v) is 9.50. The van der Waals surface area contributed by atoms with Gasteiger partial charge in [-0.2, -0.15) is 4.68 Å². The van der Waals surface area contributed by atoms with Crippen molar-refractivity contribution in [3.8, 4) is 17.2 Å². The minimum absolute atomic E-state index is 0.111. The first-order chi connectivity index (χ1) is 13.7. The fourth-order valence-electron chi connectivity index (χ4n) is 2.61. The number of amides is 1. The summed E-state index contributed by atoms with van der Waals surface area (Å²) < 4.78 is 26.2. The smallest absolute Gasteiger partial charge is 0.230 e. The van der Waals surface area contributed by atoms with Gasteiger partial charge in [-0.15, -0.1) is 5.10 Å². The van der Waals surface area contributed by atoms with Crippen molar-refractivity contribution in [1.82, 2.24) is 25.5 Å². The molecule has 0 unspecified atom stereocenters. The van der Waals surface area contributed by atoms with Crippen LogP contribution in [0, 0.1) is 5.82 Å². The largest absolute Gasteiger partial charge is 0.486 e. The van der Waals surface area contributed by atoms with Crippen LogP contribution in [0.15, 0.2) is 53.7 Å². The molecule has 0 bridgehead atoms. The number of thioether (sulfide) groups is 1. The van der Waals surface area contributed by atoms with Crippen LogP contribution in [0.3, 0.4) is 0 Å². The second-order valence-corrected chi connectivity index (χ2v) is 6.89. The third kappa shape index (κ3) is 4.22. The Bertz CT molecular complexity index is 983. The molecule has 0 saturated carbocycles. The van der Waals surface area contributed by atoms with Crippen LogP contribution in [0.25, 0.3) is 5.69 Å². The Labute approximate surface area is 164 Å². The summed E-state index contributed by atoms with van der Waals surface area (Å²) in [4.78, 5) is 12.2. The van der Waals surface area contributed by atoms with Crippen LogP contribution in [0.1, 0.15) is 0 Å². The molecule has 4 rings (SSSR count). The number of benzene rings is 2. The van der Waals surface area contributed by atoms with Crippen molar-refractivity contribution in [3.05, 3.63) is 54.3 Å². The van der Waals surface area contributed by atoms with Gasteiger partial charge in [-0.3, -0.25) is 4.79 Å². The van der Waals surface area contributed by atoms with Crippen LogP contribution in [0.5, 0.6) is 11.5 Å². The molecule has 144 valence electrons. The second kappa shape index (κ2) is 8.26. The summed E-state index contributed by atoms with van der Waals surface area (Å²) in [5, 5.41) is 14.5. The van der Waals surface area contributed by atoms with Crippen LogP contribution in [0.4, 0.5) is 4.39 Å². The number of hydrogen-bond donors (Lipinski definition) is 1. The minimum Gasteiger partial charge on any atom is -0.486 e. The molecule has 1 amide bonds. The highest BCUT2D eigenvalue weighted by Crippen LogP contribution is 2.30. The van der Waals surface area contributed by atoms with Gasteiger partial charge in [-0.25, -0.2) is 4.39 Å². The average Bonchev–Trinajstić information content (AvgIpc) is 3.19. The number of halogens is 1. The van der Waals surface area contributed by atoms with E-state index >= 15 is 0 Å². The van der Waals surface area contributed by atoms with Crippen molar-refractivity contribution in [2.45, 2.75) is 11.3 Å². The number of fused-ring (bicyclic) bond motifs is 1. The maximum Gasteiger partial charge on any atom is 0.230 e. The van der Waals surface area contributed by atoms with E-state index in [4.69, 9.17) is 9.47 Å². The highest BCUT2D eigenvalue weighted by molar-refractivity contribution is 7.99. The first-order valence-electron chi connectivity index (χ1n) is 8.51. The van der Waals surface area contributed by atoms with Crippen molar-refractivity contribution in [3.63, 3.8) is 0 Å². The van der Waals surface area contributed by atoms with Gasteiger partial charge in [0, 0.05) is 0 Å². The Morgan fingerprint density at radius 1 is 1.25 bits per heavy atom. The quantitative estimate of drug-likeness (QED) is 0.631. The molecule has 0 spiro atoms. The summed E-state index contributed by atoms with van der Waals surface area (Å²) in [6.07, 6.45) is -0.263. The molecule has 0 fully saturated rings. The highest BCUT2D eigenvalue weighted by atomic mass is 32.2. The number of nitrogens with zero attached hydrogens (tertiary/aromatic N) is 4. The van der Waals surface area contributed by atoms with Gasteiger partial charge >= 0.3 is 0 Å². The monoisotopic (exact) mass is 401 g/mol. The Morgan fingerprint density at radius 3 is 2.96 bits per heavy atom. The van der Waals surface area contributed by atoms with E-state index in [-0.39, 0.29) is 17.8 Å². The lowest BCUT2D eigenvalue weighted by molar-refractivity contribution is -0.119. The van der Waals surface area contributed by atoms with Crippen molar-refractivity contribution in [2.75, 3.05) is 18.9 Å². The molecule has 2 heterocycles. The summed E-state index contributed by atoms with van der Waals surface area (Å²) in [5.74, 6) is 0.889. The summed E-state index contributed by atoms with van der Waals surface area (Å²) in [6.45, 7) is 0.685. The van der Waals surface area contributed by atoms with Gasteiger partial charge in [0.05, 0.1) is 18.0 Å². The number of para-hydroxylation sites is 2. The zero-order chi connectivity index (χ0) is 19.3. The molecule has 28 heavy (non-hydrogen) atoms. The highest BCUT2D eigenvalue weighted by Gasteiger charge is 2.21. The molecule has 10 heteroatoms. The number of nitrogens with one attached hydrogen (secondary N) is 1. The third-order valence-electron chi connectivity index (χ3n) is 3.92. The van der Waals surface area contributed by atoms with Gasteiger partial charge < -0.3 is 14.8 Å². The van der Waals surface area contributed by atoms with E-state index in [0.717, 1.165) is 11.8 Å². The van der Waals surface area contributed by atoms with Crippen LogP contribution in [-0.2, 0) is 4.79 Å².